The molecular formula is C16H24N4OS. The second-order valence-electron chi connectivity index (χ2n) is 6.47. The molecule has 5 nitrogen and oxygen atoms in total. The largest absolute Gasteiger partial charge is 0.328 e. The number of aromatic nitrogens is 2. The van der Waals surface area contributed by atoms with Crippen molar-refractivity contribution in [3.63, 3.8) is 0 Å². The maximum atomic E-state index is 12.3. The highest BCUT2D eigenvalue weighted by Crippen LogP contribution is 2.26. The molecule has 0 amide bonds. The summed E-state index contributed by atoms with van der Waals surface area (Å²) in [5.41, 5.74) is 7.08. The Balaban J connectivity index is 1.84. The van der Waals surface area contributed by atoms with Crippen LogP contribution in [0.5, 0.6) is 0 Å². The van der Waals surface area contributed by atoms with E-state index in [1.807, 2.05) is 13.8 Å². The first kappa shape index (κ1) is 15.6. The van der Waals surface area contributed by atoms with Gasteiger partial charge in [0, 0.05) is 17.5 Å². The summed E-state index contributed by atoms with van der Waals surface area (Å²) in [5, 5.41) is 0.748. The van der Waals surface area contributed by atoms with Crippen LogP contribution in [0.4, 0.5) is 0 Å². The van der Waals surface area contributed by atoms with E-state index in [1.165, 1.54) is 11.3 Å². The highest BCUT2D eigenvalue weighted by molar-refractivity contribution is 7.18. The number of likely N-dealkylation sites (tertiary alicyclic amines) is 1. The van der Waals surface area contributed by atoms with Gasteiger partial charge in [-0.2, -0.15) is 0 Å². The van der Waals surface area contributed by atoms with E-state index in [-0.39, 0.29) is 11.6 Å². The van der Waals surface area contributed by atoms with Gasteiger partial charge < -0.3 is 10.7 Å². The maximum absolute atomic E-state index is 12.3. The lowest BCUT2D eigenvalue weighted by molar-refractivity contribution is 0.151. The van der Waals surface area contributed by atoms with E-state index in [0.29, 0.717) is 12.5 Å². The van der Waals surface area contributed by atoms with E-state index in [2.05, 4.69) is 21.8 Å². The predicted octanol–water partition coefficient (Wildman–Crippen LogP) is 2.16. The molecule has 3 heterocycles. The Morgan fingerprint density at radius 2 is 2.27 bits per heavy atom. The molecule has 0 spiro atoms. The van der Waals surface area contributed by atoms with Crippen molar-refractivity contribution < 1.29 is 0 Å². The van der Waals surface area contributed by atoms with Crippen LogP contribution in [0, 0.1) is 19.8 Å². The summed E-state index contributed by atoms with van der Waals surface area (Å²) in [4.78, 5) is 24.3. The zero-order chi connectivity index (χ0) is 15.9. The van der Waals surface area contributed by atoms with Crippen LogP contribution >= 0.6 is 11.3 Å². The average Bonchev–Trinajstić information content (AvgIpc) is 2.74. The van der Waals surface area contributed by atoms with E-state index >= 15 is 0 Å². The molecule has 120 valence electrons. The molecule has 6 heteroatoms. The zero-order valence-electron chi connectivity index (χ0n) is 13.5. The van der Waals surface area contributed by atoms with Crippen LogP contribution in [0.25, 0.3) is 10.2 Å². The lowest BCUT2D eigenvalue weighted by Gasteiger charge is -2.34. The molecule has 3 rings (SSSR count). The number of nitrogens with zero attached hydrogens (tertiary/aromatic N) is 2. The number of thiophene rings is 1. The van der Waals surface area contributed by atoms with E-state index in [0.717, 1.165) is 41.1 Å². The molecule has 2 aromatic rings. The number of H-pyrrole nitrogens is 1. The van der Waals surface area contributed by atoms with E-state index < -0.39 is 0 Å². The molecule has 0 saturated carbocycles. The molecule has 2 unspecified atom stereocenters. The van der Waals surface area contributed by atoms with Gasteiger partial charge in [-0.25, -0.2) is 4.98 Å². The summed E-state index contributed by atoms with van der Waals surface area (Å²) < 4.78 is 0. The van der Waals surface area contributed by atoms with Crippen molar-refractivity contribution in [2.75, 3.05) is 13.1 Å². The third-order valence-electron chi connectivity index (χ3n) is 4.75. The Bertz CT molecular complexity index is 734. The fourth-order valence-electron chi connectivity index (χ4n) is 3.25. The molecule has 0 radical (unpaired) electrons. The Kier molecular flexibility index (Phi) is 4.34. The molecule has 1 saturated heterocycles. The zero-order valence-corrected chi connectivity index (χ0v) is 14.3. The van der Waals surface area contributed by atoms with Crippen molar-refractivity contribution in [3.05, 3.63) is 26.6 Å². The number of hydrogen-bond donors (Lipinski definition) is 2. The van der Waals surface area contributed by atoms with E-state index in [4.69, 9.17) is 5.73 Å². The van der Waals surface area contributed by atoms with Gasteiger partial charge in [-0.3, -0.25) is 9.69 Å². The molecule has 2 atom stereocenters. The van der Waals surface area contributed by atoms with Crippen LogP contribution in [0.3, 0.4) is 0 Å². The molecule has 22 heavy (non-hydrogen) atoms. The number of aromatic amines is 1. The average molecular weight is 320 g/mol. The van der Waals surface area contributed by atoms with Gasteiger partial charge in [-0.1, -0.05) is 0 Å². The normalized spacial score (nSPS) is 21.4. The second kappa shape index (κ2) is 6.10. The molecular weight excluding hydrogens is 296 g/mol. The summed E-state index contributed by atoms with van der Waals surface area (Å²) in [6.45, 7) is 8.85. The van der Waals surface area contributed by atoms with Crippen molar-refractivity contribution >= 4 is 21.6 Å². The monoisotopic (exact) mass is 320 g/mol. The molecule has 3 N–H and O–H groups in total. The summed E-state index contributed by atoms with van der Waals surface area (Å²) in [7, 11) is 0. The number of nitrogens with one attached hydrogen (secondary N) is 1. The summed E-state index contributed by atoms with van der Waals surface area (Å²) in [6.07, 6.45) is 2.36. The van der Waals surface area contributed by atoms with Crippen LogP contribution < -0.4 is 11.3 Å². The Labute approximate surface area is 134 Å². The van der Waals surface area contributed by atoms with Gasteiger partial charge >= 0.3 is 0 Å². The third-order valence-corrected chi connectivity index (χ3v) is 5.85. The predicted molar refractivity (Wildman–Crippen MR) is 91.4 cm³/mol. The van der Waals surface area contributed by atoms with Crippen LogP contribution in [0.1, 0.15) is 36.0 Å². The summed E-state index contributed by atoms with van der Waals surface area (Å²) in [6, 6.07) is 0.222. The van der Waals surface area contributed by atoms with Crippen molar-refractivity contribution in [1.29, 1.82) is 0 Å². The lowest BCUT2D eigenvalue weighted by Crippen LogP contribution is -2.42. The van der Waals surface area contributed by atoms with Gasteiger partial charge in [0.05, 0.1) is 11.9 Å². The van der Waals surface area contributed by atoms with Gasteiger partial charge in [-0.15, -0.1) is 11.3 Å². The molecule has 1 aliphatic rings. The van der Waals surface area contributed by atoms with Crippen LogP contribution in [-0.4, -0.2) is 34.0 Å². The SMILES string of the molecule is Cc1sc2nc(CN3CCCC(C(C)N)C3)[nH]c(=O)c2c1C. The minimum Gasteiger partial charge on any atom is -0.328 e. The molecule has 0 aromatic carbocycles. The molecule has 1 aliphatic heterocycles. The van der Waals surface area contributed by atoms with Gasteiger partial charge in [0.1, 0.15) is 10.7 Å². The fourth-order valence-corrected chi connectivity index (χ4v) is 4.30. The van der Waals surface area contributed by atoms with Crippen molar-refractivity contribution in [3.8, 4) is 0 Å². The first-order valence-electron chi connectivity index (χ1n) is 7.92. The van der Waals surface area contributed by atoms with Gasteiger partial charge in [0.2, 0.25) is 0 Å². The number of fused-ring (bicyclic) bond motifs is 1. The van der Waals surface area contributed by atoms with Crippen LogP contribution in [0.15, 0.2) is 4.79 Å². The number of piperidine rings is 1. The van der Waals surface area contributed by atoms with E-state index in [9.17, 15) is 4.79 Å². The maximum Gasteiger partial charge on any atom is 0.259 e. The van der Waals surface area contributed by atoms with Gasteiger partial charge in [-0.05, 0) is 51.6 Å². The number of rotatable bonds is 3. The minimum absolute atomic E-state index is 0.0115. The standard InChI is InChI=1S/C16H24N4OS/c1-9-11(3)22-16-14(9)15(21)18-13(19-16)8-20-6-4-5-12(7-20)10(2)17/h10,12H,4-8,17H2,1-3H3,(H,18,19,21). The molecule has 0 bridgehead atoms. The quantitative estimate of drug-likeness (QED) is 0.909. The fraction of sp³-hybridized carbons (Fsp3) is 0.625. The van der Waals surface area contributed by atoms with Gasteiger partial charge in [0.25, 0.3) is 5.56 Å². The first-order chi connectivity index (χ1) is 10.5. The number of nitrogens with two attached hydrogens (primary N) is 1. The third kappa shape index (κ3) is 2.95. The first-order valence-corrected chi connectivity index (χ1v) is 8.74. The van der Waals surface area contributed by atoms with Crippen molar-refractivity contribution in [2.24, 2.45) is 11.7 Å². The van der Waals surface area contributed by atoms with E-state index in [1.54, 1.807) is 11.3 Å². The van der Waals surface area contributed by atoms with Gasteiger partial charge in [0.15, 0.2) is 0 Å². The number of aryl methyl sites for hydroxylation is 2. The highest BCUT2D eigenvalue weighted by atomic mass is 32.1. The topological polar surface area (TPSA) is 75.0 Å². The number of hydrogen-bond acceptors (Lipinski definition) is 5. The second-order valence-corrected chi connectivity index (χ2v) is 7.68. The van der Waals surface area contributed by atoms with Crippen molar-refractivity contribution in [1.82, 2.24) is 14.9 Å². The lowest BCUT2D eigenvalue weighted by atomic mass is 9.92. The molecule has 0 aliphatic carbocycles. The summed E-state index contributed by atoms with van der Waals surface area (Å²) >= 11 is 1.60. The van der Waals surface area contributed by atoms with Crippen LogP contribution in [0.2, 0.25) is 0 Å². The Morgan fingerprint density at radius 3 is 3.00 bits per heavy atom. The summed E-state index contributed by atoms with van der Waals surface area (Å²) in [5.74, 6) is 1.31. The Morgan fingerprint density at radius 1 is 1.50 bits per heavy atom. The molecule has 2 aromatic heterocycles. The molecule has 1 fully saturated rings. The van der Waals surface area contributed by atoms with Crippen molar-refractivity contribution in [2.45, 2.75) is 46.2 Å². The minimum atomic E-state index is -0.0115. The Hall–Kier alpha value is -1.24. The van der Waals surface area contributed by atoms with Crippen LogP contribution in [-0.2, 0) is 6.54 Å². The highest BCUT2D eigenvalue weighted by Gasteiger charge is 2.23. The smallest absolute Gasteiger partial charge is 0.259 e.